The van der Waals surface area contributed by atoms with Crippen LogP contribution in [0.2, 0.25) is 0 Å². The third-order valence-corrected chi connectivity index (χ3v) is 4.65. The minimum atomic E-state index is -1.03. The number of aromatic carboxylic acids is 1. The Kier molecular flexibility index (Phi) is 5.54. The standard InChI is InChI=1S/C23H17N3O6/c27-20(24-16-4-2-1-3-5-16)13-26-21(28)18(25-23(26)31)12-17-10-11-19(32-17)14-6-8-15(9-7-14)22(29)30/h1-12H,13H2,(H,24,27)(H,25,31)(H,29,30)/b18-12-. The van der Waals surface area contributed by atoms with Gasteiger partial charge in [0, 0.05) is 17.3 Å². The van der Waals surface area contributed by atoms with Crippen LogP contribution in [0, 0.1) is 0 Å². The number of urea groups is 1. The first kappa shape index (κ1) is 20.6. The molecule has 3 aromatic rings. The van der Waals surface area contributed by atoms with Gasteiger partial charge in [-0.15, -0.1) is 0 Å². The van der Waals surface area contributed by atoms with Crippen LogP contribution in [0.1, 0.15) is 16.1 Å². The van der Waals surface area contributed by atoms with Crippen LogP contribution in [0.25, 0.3) is 17.4 Å². The Labute approximate surface area is 181 Å². The Morgan fingerprint density at radius 2 is 1.72 bits per heavy atom. The molecule has 3 N–H and O–H groups in total. The van der Waals surface area contributed by atoms with Gasteiger partial charge in [0.1, 0.15) is 23.8 Å². The van der Waals surface area contributed by atoms with Crippen LogP contribution in [0.15, 0.2) is 76.8 Å². The highest BCUT2D eigenvalue weighted by atomic mass is 16.4. The highest BCUT2D eigenvalue weighted by Gasteiger charge is 2.35. The Morgan fingerprint density at radius 3 is 2.41 bits per heavy atom. The van der Waals surface area contributed by atoms with Gasteiger partial charge in [0.05, 0.1) is 5.56 Å². The zero-order valence-electron chi connectivity index (χ0n) is 16.6. The minimum Gasteiger partial charge on any atom is -0.478 e. The SMILES string of the molecule is O=C(CN1C(=O)N/C(=C\c2ccc(-c3ccc(C(=O)O)cc3)o2)C1=O)Nc1ccccc1. The molecule has 0 spiro atoms. The first-order valence-electron chi connectivity index (χ1n) is 9.54. The lowest BCUT2D eigenvalue weighted by Gasteiger charge is -2.11. The average Bonchev–Trinajstić information content (AvgIpc) is 3.35. The van der Waals surface area contributed by atoms with E-state index in [4.69, 9.17) is 9.52 Å². The molecule has 160 valence electrons. The van der Waals surface area contributed by atoms with E-state index in [1.165, 1.54) is 18.2 Å². The van der Waals surface area contributed by atoms with Crippen molar-refractivity contribution in [2.75, 3.05) is 11.9 Å². The summed E-state index contributed by atoms with van der Waals surface area (Å²) in [4.78, 5) is 48.7. The van der Waals surface area contributed by atoms with Crippen molar-refractivity contribution in [3.63, 3.8) is 0 Å². The maximum Gasteiger partial charge on any atom is 0.335 e. The zero-order valence-corrected chi connectivity index (χ0v) is 16.6. The van der Waals surface area contributed by atoms with Crippen molar-refractivity contribution >= 4 is 35.6 Å². The Hall–Kier alpha value is -4.66. The van der Waals surface area contributed by atoms with Gasteiger partial charge >= 0.3 is 12.0 Å². The van der Waals surface area contributed by atoms with E-state index in [1.807, 2.05) is 0 Å². The summed E-state index contributed by atoms with van der Waals surface area (Å²) in [5.41, 5.74) is 1.34. The van der Waals surface area contributed by atoms with Crippen molar-refractivity contribution in [1.82, 2.24) is 10.2 Å². The Balaban J connectivity index is 1.45. The quantitative estimate of drug-likeness (QED) is 0.406. The molecule has 1 saturated heterocycles. The van der Waals surface area contributed by atoms with Crippen LogP contribution >= 0.6 is 0 Å². The van der Waals surface area contributed by atoms with Crippen molar-refractivity contribution in [3.05, 3.63) is 83.8 Å². The highest BCUT2D eigenvalue weighted by Crippen LogP contribution is 2.24. The van der Waals surface area contributed by atoms with Gasteiger partial charge in [-0.3, -0.25) is 9.59 Å². The second-order valence-corrected chi connectivity index (χ2v) is 6.88. The summed E-state index contributed by atoms with van der Waals surface area (Å²) < 4.78 is 5.69. The smallest absolute Gasteiger partial charge is 0.335 e. The van der Waals surface area contributed by atoms with Crippen molar-refractivity contribution in [1.29, 1.82) is 0 Å². The van der Waals surface area contributed by atoms with E-state index in [-0.39, 0.29) is 11.3 Å². The predicted molar refractivity (Wildman–Crippen MR) is 114 cm³/mol. The van der Waals surface area contributed by atoms with Gasteiger partial charge in [0.15, 0.2) is 0 Å². The van der Waals surface area contributed by atoms with Crippen LogP contribution < -0.4 is 10.6 Å². The van der Waals surface area contributed by atoms with Gasteiger partial charge in [-0.25, -0.2) is 14.5 Å². The number of hydrogen-bond acceptors (Lipinski definition) is 5. The number of imide groups is 1. The molecular weight excluding hydrogens is 414 g/mol. The van der Waals surface area contributed by atoms with Crippen LogP contribution in [0.5, 0.6) is 0 Å². The largest absolute Gasteiger partial charge is 0.478 e. The number of carboxylic acid groups (broad SMARTS) is 1. The number of nitrogens with one attached hydrogen (secondary N) is 2. The molecule has 4 amide bonds. The second kappa shape index (κ2) is 8.60. The van der Waals surface area contributed by atoms with E-state index in [0.717, 1.165) is 4.90 Å². The molecular formula is C23H17N3O6. The number of para-hydroxylation sites is 1. The van der Waals surface area contributed by atoms with Crippen molar-refractivity contribution in [2.45, 2.75) is 0 Å². The van der Waals surface area contributed by atoms with Crippen LogP contribution in [-0.4, -0.2) is 40.4 Å². The molecule has 4 rings (SSSR count). The molecule has 1 aromatic heterocycles. The molecule has 1 fully saturated rings. The first-order chi connectivity index (χ1) is 15.4. The lowest BCUT2D eigenvalue weighted by Crippen LogP contribution is -2.38. The summed E-state index contributed by atoms with van der Waals surface area (Å²) in [5.74, 6) is -1.42. The third kappa shape index (κ3) is 4.41. The zero-order chi connectivity index (χ0) is 22.7. The molecule has 0 bridgehead atoms. The van der Waals surface area contributed by atoms with E-state index in [2.05, 4.69) is 10.6 Å². The number of carbonyl (C=O) groups is 4. The molecule has 0 atom stereocenters. The van der Waals surface area contributed by atoms with E-state index >= 15 is 0 Å². The fourth-order valence-electron chi connectivity index (χ4n) is 3.09. The van der Waals surface area contributed by atoms with Gasteiger partial charge < -0.3 is 20.2 Å². The number of carboxylic acids is 1. The Morgan fingerprint density at radius 1 is 1.00 bits per heavy atom. The summed E-state index contributed by atoms with van der Waals surface area (Å²) in [6.45, 7) is -0.434. The monoisotopic (exact) mass is 431 g/mol. The van der Waals surface area contributed by atoms with Crippen LogP contribution in [0.4, 0.5) is 10.5 Å². The summed E-state index contributed by atoms with van der Waals surface area (Å²) in [5, 5.41) is 14.0. The maximum absolute atomic E-state index is 12.6. The molecule has 1 aliphatic rings. The summed E-state index contributed by atoms with van der Waals surface area (Å²) in [6, 6.07) is 17.4. The normalized spacial score (nSPS) is 14.5. The van der Waals surface area contributed by atoms with Gasteiger partial charge in [-0.2, -0.15) is 0 Å². The fraction of sp³-hybridized carbons (Fsp3) is 0.0435. The molecule has 0 unspecified atom stereocenters. The number of nitrogens with zero attached hydrogens (tertiary/aromatic N) is 1. The van der Waals surface area contributed by atoms with Crippen LogP contribution in [-0.2, 0) is 9.59 Å². The second-order valence-electron chi connectivity index (χ2n) is 6.88. The molecule has 0 radical (unpaired) electrons. The number of furan rings is 1. The molecule has 32 heavy (non-hydrogen) atoms. The lowest BCUT2D eigenvalue weighted by atomic mass is 10.1. The van der Waals surface area contributed by atoms with E-state index in [0.29, 0.717) is 22.8 Å². The Bertz CT molecular complexity index is 1230. The molecule has 0 aliphatic carbocycles. The number of carbonyl (C=O) groups excluding carboxylic acids is 3. The lowest BCUT2D eigenvalue weighted by molar-refractivity contribution is -0.127. The van der Waals surface area contributed by atoms with Gasteiger partial charge in [0.25, 0.3) is 5.91 Å². The summed E-state index contributed by atoms with van der Waals surface area (Å²) in [7, 11) is 0. The van der Waals surface area contributed by atoms with E-state index in [9.17, 15) is 19.2 Å². The molecule has 9 nitrogen and oxygen atoms in total. The minimum absolute atomic E-state index is 0.0235. The third-order valence-electron chi connectivity index (χ3n) is 4.65. The van der Waals surface area contributed by atoms with E-state index < -0.39 is 30.4 Å². The molecule has 1 aliphatic heterocycles. The number of amides is 4. The first-order valence-corrected chi connectivity index (χ1v) is 9.54. The van der Waals surface area contributed by atoms with Crippen molar-refractivity contribution < 1.29 is 28.7 Å². The average molecular weight is 431 g/mol. The molecule has 2 aromatic carbocycles. The van der Waals surface area contributed by atoms with Crippen molar-refractivity contribution in [3.8, 4) is 11.3 Å². The van der Waals surface area contributed by atoms with Crippen LogP contribution in [0.3, 0.4) is 0 Å². The molecule has 2 heterocycles. The van der Waals surface area contributed by atoms with Gasteiger partial charge in [0.2, 0.25) is 5.91 Å². The number of anilines is 1. The topological polar surface area (TPSA) is 129 Å². The number of rotatable bonds is 6. The molecule has 9 heteroatoms. The number of benzene rings is 2. The van der Waals surface area contributed by atoms with Gasteiger partial charge in [-0.05, 0) is 36.4 Å². The van der Waals surface area contributed by atoms with Crippen molar-refractivity contribution in [2.24, 2.45) is 0 Å². The number of hydrogen-bond donors (Lipinski definition) is 3. The fourth-order valence-corrected chi connectivity index (χ4v) is 3.09. The van der Waals surface area contributed by atoms with Gasteiger partial charge in [-0.1, -0.05) is 30.3 Å². The highest BCUT2D eigenvalue weighted by molar-refractivity contribution is 6.15. The predicted octanol–water partition coefficient (Wildman–Crippen LogP) is 3.18. The maximum atomic E-state index is 12.6. The summed E-state index contributed by atoms with van der Waals surface area (Å²) in [6.07, 6.45) is 1.37. The molecule has 0 saturated carbocycles. The van der Waals surface area contributed by atoms with E-state index in [1.54, 1.807) is 54.6 Å². The summed E-state index contributed by atoms with van der Waals surface area (Å²) >= 11 is 0.